The molecule has 0 atom stereocenters. The van der Waals surface area contributed by atoms with E-state index in [1.807, 2.05) is 7.05 Å². The molecule has 0 saturated carbocycles. The van der Waals surface area contributed by atoms with E-state index in [1.165, 1.54) is 17.4 Å². The summed E-state index contributed by atoms with van der Waals surface area (Å²) in [4.78, 5) is 6.93. The molecule has 31 heavy (non-hydrogen) atoms. The van der Waals surface area contributed by atoms with Crippen LogP contribution >= 0.6 is 24.0 Å². The number of likely N-dealkylation sites (tertiary alicyclic amines) is 1. The molecule has 0 spiro atoms. The topological polar surface area (TPSA) is 77.0 Å². The minimum absolute atomic E-state index is 0. The van der Waals surface area contributed by atoms with Crippen molar-refractivity contribution in [2.75, 3.05) is 46.0 Å². The van der Waals surface area contributed by atoms with Crippen molar-refractivity contribution in [3.05, 3.63) is 35.4 Å². The SMILES string of the molecule is CN=C(NCC1CCN(S(C)(=O)=O)CC1)NC1CCN(Cc2ccccc2C)CC1.I. The van der Waals surface area contributed by atoms with Crippen LogP contribution in [-0.4, -0.2) is 75.7 Å². The molecule has 0 aromatic heterocycles. The van der Waals surface area contributed by atoms with Gasteiger partial charge in [-0.1, -0.05) is 24.3 Å². The van der Waals surface area contributed by atoms with E-state index < -0.39 is 10.0 Å². The van der Waals surface area contributed by atoms with Gasteiger partial charge in [0.2, 0.25) is 10.0 Å². The number of halogens is 1. The number of aliphatic imine (C=N–C) groups is 1. The van der Waals surface area contributed by atoms with Crippen LogP contribution in [0.2, 0.25) is 0 Å². The molecular weight excluding hydrogens is 525 g/mol. The van der Waals surface area contributed by atoms with E-state index in [-0.39, 0.29) is 24.0 Å². The third-order valence-electron chi connectivity index (χ3n) is 6.41. The van der Waals surface area contributed by atoms with Crippen molar-refractivity contribution >= 4 is 40.0 Å². The molecule has 2 aliphatic rings. The normalized spacial score (nSPS) is 20.3. The van der Waals surface area contributed by atoms with E-state index in [9.17, 15) is 8.42 Å². The van der Waals surface area contributed by atoms with E-state index >= 15 is 0 Å². The van der Waals surface area contributed by atoms with Crippen molar-refractivity contribution in [3.63, 3.8) is 0 Å². The minimum atomic E-state index is -3.06. The molecule has 0 unspecified atom stereocenters. The predicted octanol–water partition coefficient (Wildman–Crippen LogP) is 2.41. The van der Waals surface area contributed by atoms with E-state index in [2.05, 4.69) is 51.7 Å². The lowest BCUT2D eigenvalue weighted by molar-refractivity contribution is 0.198. The first-order valence-electron chi connectivity index (χ1n) is 11.0. The summed E-state index contributed by atoms with van der Waals surface area (Å²) in [7, 11) is -1.24. The molecular formula is C22H38IN5O2S. The summed E-state index contributed by atoms with van der Waals surface area (Å²) in [6.07, 6.45) is 5.31. The first kappa shape index (κ1) is 26.3. The van der Waals surface area contributed by atoms with Gasteiger partial charge >= 0.3 is 0 Å². The number of sulfonamides is 1. The quantitative estimate of drug-likeness (QED) is 0.316. The van der Waals surface area contributed by atoms with Crippen molar-refractivity contribution in [2.45, 2.75) is 45.2 Å². The Kier molecular flexibility index (Phi) is 10.5. The number of rotatable bonds is 6. The summed E-state index contributed by atoms with van der Waals surface area (Å²) in [6, 6.07) is 9.08. The van der Waals surface area contributed by atoms with Crippen molar-refractivity contribution in [1.82, 2.24) is 19.8 Å². The summed E-state index contributed by atoms with van der Waals surface area (Å²) in [5, 5.41) is 7.04. The van der Waals surface area contributed by atoms with Gasteiger partial charge in [0.05, 0.1) is 6.26 Å². The van der Waals surface area contributed by atoms with E-state index in [0.29, 0.717) is 25.0 Å². The lowest BCUT2D eigenvalue weighted by atomic mass is 9.98. The van der Waals surface area contributed by atoms with Crippen LogP contribution in [0.3, 0.4) is 0 Å². The predicted molar refractivity (Wildman–Crippen MR) is 139 cm³/mol. The first-order chi connectivity index (χ1) is 14.3. The largest absolute Gasteiger partial charge is 0.356 e. The molecule has 0 bridgehead atoms. The van der Waals surface area contributed by atoms with Crippen molar-refractivity contribution < 1.29 is 8.42 Å². The summed E-state index contributed by atoms with van der Waals surface area (Å²) in [5.74, 6) is 1.34. The van der Waals surface area contributed by atoms with Crippen LogP contribution in [0.5, 0.6) is 0 Å². The number of hydrogen-bond acceptors (Lipinski definition) is 4. The minimum Gasteiger partial charge on any atom is -0.356 e. The molecule has 2 heterocycles. The number of benzene rings is 1. The fourth-order valence-corrected chi connectivity index (χ4v) is 5.21. The fraction of sp³-hybridized carbons (Fsp3) is 0.682. The molecule has 2 saturated heterocycles. The summed E-state index contributed by atoms with van der Waals surface area (Å²) in [5.41, 5.74) is 2.79. The van der Waals surface area contributed by atoms with Gasteiger partial charge in [-0.3, -0.25) is 9.89 Å². The Bertz CT molecular complexity index is 817. The number of aryl methyl sites for hydroxylation is 1. The summed E-state index contributed by atoms with van der Waals surface area (Å²) in [6.45, 7) is 7.47. The number of guanidine groups is 1. The van der Waals surface area contributed by atoms with Gasteiger partial charge in [-0.2, -0.15) is 0 Å². The van der Waals surface area contributed by atoms with Crippen LogP contribution in [0.25, 0.3) is 0 Å². The average Bonchev–Trinajstić information content (AvgIpc) is 2.73. The monoisotopic (exact) mass is 563 g/mol. The van der Waals surface area contributed by atoms with Crippen LogP contribution in [0, 0.1) is 12.8 Å². The second-order valence-electron chi connectivity index (χ2n) is 8.68. The average molecular weight is 564 g/mol. The fourth-order valence-electron chi connectivity index (χ4n) is 4.34. The van der Waals surface area contributed by atoms with Crippen molar-refractivity contribution in [2.24, 2.45) is 10.9 Å². The maximum absolute atomic E-state index is 11.6. The van der Waals surface area contributed by atoms with Gasteiger partial charge in [0.25, 0.3) is 0 Å². The maximum atomic E-state index is 11.6. The van der Waals surface area contributed by atoms with Gasteiger partial charge in [0.15, 0.2) is 5.96 Å². The van der Waals surface area contributed by atoms with Crippen LogP contribution in [0.4, 0.5) is 0 Å². The lowest BCUT2D eigenvalue weighted by Crippen LogP contribution is -2.50. The number of nitrogens with zero attached hydrogens (tertiary/aromatic N) is 3. The Balaban J connectivity index is 0.00000341. The second-order valence-corrected chi connectivity index (χ2v) is 10.7. The summed E-state index contributed by atoms with van der Waals surface area (Å²) >= 11 is 0. The van der Waals surface area contributed by atoms with E-state index in [4.69, 9.17) is 0 Å². The zero-order valence-electron chi connectivity index (χ0n) is 19.0. The highest BCUT2D eigenvalue weighted by atomic mass is 127. The number of nitrogens with one attached hydrogen (secondary N) is 2. The van der Waals surface area contributed by atoms with Gasteiger partial charge in [0.1, 0.15) is 0 Å². The van der Waals surface area contributed by atoms with Crippen LogP contribution in [0.15, 0.2) is 29.3 Å². The molecule has 0 radical (unpaired) electrons. The zero-order valence-corrected chi connectivity index (χ0v) is 22.2. The van der Waals surface area contributed by atoms with Crippen LogP contribution < -0.4 is 10.6 Å². The molecule has 1 aromatic carbocycles. The highest BCUT2D eigenvalue weighted by Gasteiger charge is 2.25. The Morgan fingerprint density at radius 2 is 1.74 bits per heavy atom. The van der Waals surface area contributed by atoms with Gasteiger partial charge in [-0.05, 0) is 49.7 Å². The molecule has 0 amide bonds. The molecule has 3 rings (SSSR count). The van der Waals surface area contributed by atoms with Crippen molar-refractivity contribution in [1.29, 1.82) is 0 Å². The standard InChI is InChI=1S/C22H37N5O2S.HI/c1-18-6-4-5-7-20(18)17-26-12-10-21(11-13-26)25-22(23-2)24-16-19-8-14-27(15-9-19)30(3,28)29;/h4-7,19,21H,8-17H2,1-3H3,(H2,23,24,25);1H. The smallest absolute Gasteiger partial charge is 0.211 e. The Hall–Kier alpha value is -0.910. The third kappa shape index (κ3) is 8.18. The summed E-state index contributed by atoms with van der Waals surface area (Å²) < 4.78 is 24.9. The Labute approximate surface area is 205 Å². The molecule has 2 aliphatic heterocycles. The molecule has 176 valence electrons. The highest BCUT2D eigenvalue weighted by Crippen LogP contribution is 2.19. The first-order valence-corrected chi connectivity index (χ1v) is 12.9. The molecule has 1 aromatic rings. The highest BCUT2D eigenvalue weighted by molar-refractivity contribution is 14.0. The van der Waals surface area contributed by atoms with Gasteiger partial charge < -0.3 is 10.6 Å². The number of piperidine rings is 2. The van der Waals surface area contributed by atoms with Crippen molar-refractivity contribution in [3.8, 4) is 0 Å². The molecule has 7 nitrogen and oxygen atoms in total. The zero-order chi connectivity index (χ0) is 21.6. The Morgan fingerprint density at radius 1 is 1.10 bits per heavy atom. The number of hydrogen-bond donors (Lipinski definition) is 2. The maximum Gasteiger partial charge on any atom is 0.211 e. The molecule has 2 fully saturated rings. The van der Waals surface area contributed by atoms with Gasteiger partial charge in [-0.25, -0.2) is 12.7 Å². The second kappa shape index (κ2) is 12.4. The van der Waals surface area contributed by atoms with Gasteiger partial charge in [-0.15, -0.1) is 24.0 Å². The lowest BCUT2D eigenvalue weighted by Gasteiger charge is -2.34. The molecule has 0 aliphatic carbocycles. The van der Waals surface area contributed by atoms with Crippen LogP contribution in [0.1, 0.15) is 36.8 Å². The van der Waals surface area contributed by atoms with Gasteiger partial charge in [0, 0.05) is 52.4 Å². The molecule has 2 N–H and O–H groups in total. The Morgan fingerprint density at radius 3 is 2.32 bits per heavy atom. The van der Waals surface area contributed by atoms with E-state index in [0.717, 1.165) is 57.8 Å². The van der Waals surface area contributed by atoms with Crippen LogP contribution in [-0.2, 0) is 16.6 Å². The third-order valence-corrected chi connectivity index (χ3v) is 7.71. The molecule has 9 heteroatoms. The van der Waals surface area contributed by atoms with E-state index in [1.54, 1.807) is 4.31 Å².